The summed E-state index contributed by atoms with van der Waals surface area (Å²) in [6.45, 7) is 2.23. The summed E-state index contributed by atoms with van der Waals surface area (Å²) in [5.41, 5.74) is 0. The van der Waals surface area contributed by atoms with Gasteiger partial charge in [0.15, 0.2) is 0 Å². The van der Waals surface area contributed by atoms with Crippen molar-refractivity contribution < 1.29 is 8.76 Å². The third-order valence-electron chi connectivity index (χ3n) is 2.66. The highest BCUT2D eigenvalue weighted by atomic mass is 32.2. The molecule has 4 heteroatoms. The van der Waals surface area contributed by atoms with Gasteiger partial charge in [-0.3, -0.25) is 0 Å². The van der Waals surface area contributed by atoms with Crippen LogP contribution in [0.15, 0.2) is 0 Å². The first-order valence-corrected chi connectivity index (χ1v) is 8.08. The average Bonchev–Trinajstić information content (AvgIpc) is 2.19. The normalized spacial score (nSPS) is 14.7. The van der Waals surface area contributed by atoms with Crippen LogP contribution < -0.4 is 5.14 Å². The fourth-order valence-electron chi connectivity index (χ4n) is 1.71. The summed E-state index contributed by atoms with van der Waals surface area (Å²) in [6.07, 6.45) is 12.0. The van der Waals surface area contributed by atoms with E-state index < -0.39 is 9.99 Å². The molecular weight excluding hydrogens is 222 g/mol. The van der Waals surface area contributed by atoms with Crippen molar-refractivity contribution in [1.82, 2.24) is 0 Å². The Morgan fingerprint density at radius 2 is 1.44 bits per heavy atom. The molecule has 3 N–H and O–H groups in total. The molecule has 0 fully saturated rings. The van der Waals surface area contributed by atoms with Gasteiger partial charge in [0.05, 0.1) is 0 Å². The van der Waals surface area contributed by atoms with E-state index in [2.05, 4.69) is 6.92 Å². The maximum atomic E-state index is 10.7. The molecule has 0 aliphatic rings. The van der Waals surface area contributed by atoms with Gasteiger partial charge in [-0.1, -0.05) is 58.3 Å². The first-order valence-electron chi connectivity index (χ1n) is 6.44. The Morgan fingerprint density at radius 3 is 1.88 bits per heavy atom. The van der Waals surface area contributed by atoms with Crippen LogP contribution in [0, 0.1) is 0 Å². The molecule has 0 aromatic rings. The molecule has 0 saturated carbocycles. The van der Waals surface area contributed by atoms with Crippen LogP contribution in [0.4, 0.5) is 0 Å². The van der Waals surface area contributed by atoms with Crippen molar-refractivity contribution in [2.24, 2.45) is 5.14 Å². The zero-order chi connectivity index (χ0) is 12.3. The molecule has 0 aliphatic carbocycles. The first kappa shape index (κ1) is 15.9. The molecule has 0 aromatic heterocycles. The second-order valence-corrected chi connectivity index (χ2v) is 5.96. The van der Waals surface area contributed by atoms with Gasteiger partial charge < -0.3 is 4.55 Å². The summed E-state index contributed by atoms with van der Waals surface area (Å²) in [6, 6.07) is 0. The highest BCUT2D eigenvalue weighted by molar-refractivity contribution is 7.93. The fraction of sp³-hybridized carbons (Fsp3) is 0.917. The van der Waals surface area contributed by atoms with E-state index in [0.717, 1.165) is 12.8 Å². The smallest absolute Gasteiger partial charge is 0.138 e. The number of hydrogen-bond acceptors (Lipinski definition) is 1. The molecule has 0 saturated heterocycles. The molecule has 3 nitrogen and oxygen atoms in total. The van der Waals surface area contributed by atoms with Crippen LogP contribution in [0.3, 0.4) is 0 Å². The maximum Gasteiger partial charge on any atom is 0.138 e. The number of rotatable bonds is 10. The summed E-state index contributed by atoms with van der Waals surface area (Å²) in [4.78, 5) is 0. The molecule has 0 radical (unpaired) electrons. The zero-order valence-electron chi connectivity index (χ0n) is 10.5. The lowest BCUT2D eigenvalue weighted by Gasteiger charge is -2.00. The minimum absolute atomic E-state index is 0.654. The largest absolute Gasteiger partial charge is 0.303 e. The molecule has 0 heterocycles. The van der Waals surface area contributed by atoms with Crippen LogP contribution in [-0.2, 0) is 9.99 Å². The van der Waals surface area contributed by atoms with Gasteiger partial charge >= 0.3 is 0 Å². The van der Waals surface area contributed by atoms with Crippen molar-refractivity contribution in [3.8, 4) is 0 Å². The Labute approximate surface area is 101 Å². The number of nitrogens with two attached hydrogens (primary N) is 1. The van der Waals surface area contributed by atoms with Crippen LogP contribution in [0.1, 0.15) is 71.1 Å². The van der Waals surface area contributed by atoms with E-state index >= 15 is 0 Å². The summed E-state index contributed by atoms with van der Waals surface area (Å²) >= 11 is 0. The molecule has 0 amide bonds. The Bertz CT molecular complexity index is 250. The molecular formula is C12H27NO2S. The monoisotopic (exact) mass is 249 g/mol. The van der Waals surface area contributed by atoms with Crippen molar-refractivity contribution in [2.75, 3.05) is 0 Å². The topological polar surface area (TPSA) is 63.3 Å². The van der Waals surface area contributed by atoms with E-state index in [0.29, 0.717) is 6.42 Å². The Hall–Kier alpha value is -0.0600. The quantitative estimate of drug-likeness (QED) is 0.461. The third kappa shape index (κ3) is 13.9. The third-order valence-corrected chi connectivity index (χ3v) is 3.38. The molecule has 1 unspecified atom stereocenters. The number of hydrogen-bond donors (Lipinski definition) is 2. The minimum atomic E-state index is -3.11. The molecule has 1 atom stereocenters. The lowest BCUT2D eigenvalue weighted by atomic mass is 10.1. The predicted octanol–water partition coefficient (Wildman–Crippen LogP) is 3.34. The van der Waals surface area contributed by atoms with Crippen molar-refractivity contribution in [3.05, 3.63) is 0 Å². The van der Waals surface area contributed by atoms with E-state index in [9.17, 15) is 4.21 Å². The van der Waals surface area contributed by atoms with E-state index in [1.54, 1.807) is 0 Å². The van der Waals surface area contributed by atoms with Gasteiger partial charge in [-0.05, 0) is 12.8 Å². The molecule has 0 bridgehead atoms. The molecule has 0 aromatic carbocycles. The Kier molecular flexibility index (Phi) is 10.1. The molecule has 16 heavy (non-hydrogen) atoms. The number of unbranched alkanes of at least 4 members (excludes halogenated alkanes) is 9. The summed E-state index contributed by atoms with van der Waals surface area (Å²) in [7, 11) is -3.11. The summed E-state index contributed by atoms with van der Waals surface area (Å²) < 4.78 is 19.5. The molecule has 0 rings (SSSR count). The lowest BCUT2D eigenvalue weighted by Crippen LogP contribution is -2.13. The van der Waals surface area contributed by atoms with Crippen molar-refractivity contribution >= 4 is 15.4 Å². The van der Waals surface area contributed by atoms with Gasteiger partial charge in [0.2, 0.25) is 0 Å². The molecule has 0 aliphatic heterocycles. The second kappa shape index (κ2) is 10.1. The predicted molar refractivity (Wildman–Crippen MR) is 72.9 cm³/mol. The summed E-state index contributed by atoms with van der Waals surface area (Å²) in [5, 5.41) is 6.30. The Morgan fingerprint density at radius 1 is 1.00 bits per heavy atom. The van der Waals surface area contributed by atoms with E-state index in [1.165, 1.54) is 50.3 Å². The van der Waals surface area contributed by atoms with E-state index in [-0.39, 0.29) is 0 Å². The van der Waals surface area contributed by atoms with Crippen LogP contribution in [-0.4, -0.2) is 14.1 Å². The van der Waals surface area contributed by atoms with Crippen LogP contribution in [0.5, 0.6) is 0 Å². The van der Waals surface area contributed by atoms with Crippen LogP contribution in [0.25, 0.3) is 0 Å². The zero-order valence-corrected chi connectivity index (χ0v) is 11.3. The average molecular weight is 249 g/mol. The highest BCUT2D eigenvalue weighted by Crippen LogP contribution is 2.09. The van der Waals surface area contributed by atoms with Gasteiger partial charge in [-0.2, -0.15) is 0 Å². The van der Waals surface area contributed by atoms with Crippen LogP contribution in [0.2, 0.25) is 0 Å². The molecule has 0 spiro atoms. The lowest BCUT2D eigenvalue weighted by molar-refractivity contribution is 0.559. The van der Waals surface area contributed by atoms with Gasteiger partial charge in [0.25, 0.3) is 0 Å². The van der Waals surface area contributed by atoms with Gasteiger partial charge in [0.1, 0.15) is 9.99 Å². The van der Waals surface area contributed by atoms with Gasteiger partial charge in [-0.25, -0.2) is 9.35 Å². The maximum absolute atomic E-state index is 10.7. The van der Waals surface area contributed by atoms with Crippen molar-refractivity contribution in [2.45, 2.75) is 71.1 Å². The fourth-order valence-corrected chi connectivity index (χ4v) is 2.21. The van der Waals surface area contributed by atoms with Crippen molar-refractivity contribution in [1.29, 1.82) is 0 Å². The second-order valence-electron chi connectivity index (χ2n) is 4.40. The Balaban J connectivity index is 3.14. The van der Waals surface area contributed by atoms with E-state index in [4.69, 9.17) is 9.69 Å². The van der Waals surface area contributed by atoms with Gasteiger partial charge in [0, 0.05) is 5.37 Å². The van der Waals surface area contributed by atoms with Crippen molar-refractivity contribution in [3.63, 3.8) is 0 Å². The van der Waals surface area contributed by atoms with Gasteiger partial charge in [-0.15, -0.1) is 0 Å². The summed E-state index contributed by atoms with van der Waals surface area (Å²) in [5.74, 6) is 0. The standard InChI is InChI=1S/C12H27NO2S/c1-2-3-4-5-6-7-8-9-10-11-12-16(13,14)15/h12H,2-11H2,1H3,(H3,13,14,15). The molecule has 98 valence electrons. The van der Waals surface area contributed by atoms with E-state index in [1.807, 2.05) is 0 Å². The minimum Gasteiger partial charge on any atom is -0.303 e. The SMILES string of the molecule is CCCCCCCCCCCC=S(N)(=O)O. The highest BCUT2D eigenvalue weighted by Gasteiger charge is 1.93. The first-order chi connectivity index (χ1) is 7.56. The van der Waals surface area contributed by atoms with Crippen LogP contribution >= 0.6 is 0 Å².